The Hall–Kier alpha value is -1.32. The lowest BCUT2D eigenvalue weighted by Gasteiger charge is -1.95. The third kappa shape index (κ3) is 1.58. The first kappa shape index (κ1) is 7.78. The van der Waals surface area contributed by atoms with Gasteiger partial charge in [-0.2, -0.15) is 0 Å². The van der Waals surface area contributed by atoms with E-state index in [1.807, 2.05) is 0 Å². The van der Waals surface area contributed by atoms with Crippen molar-refractivity contribution in [3.8, 4) is 0 Å². The molecule has 0 bridgehead atoms. The Labute approximate surface area is 64.2 Å². The molecule has 4 nitrogen and oxygen atoms in total. The first-order valence-electron chi connectivity index (χ1n) is 3.31. The average Bonchev–Trinajstić information content (AvgIpc) is 2.53. The molecule has 11 heavy (non-hydrogen) atoms. The molecule has 0 aromatic heterocycles. The van der Waals surface area contributed by atoms with Crippen molar-refractivity contribution in [2.24, 2.45) is 0 Å². The van der Waals surface area contributed by atoms with Crippen molar-refractivity contribution < 1.29 is 14.3 Å². The van der Waals surface area contributed by atoms with Crippen LogP contribution in [0.1, 0.15) is 6.42 Å². The molecule has 0 fully saturated rings. The summed E-state index contributed by atoms with van der Waals surface area (Å²) in [6, 6.07) is 0. The molecule has 1 aliphatic heterocycles. The molecule has 60 valence electrons. The zero-order chi connectivity index (χ0) is 8.27. The molecular formula is C7H9NO3. The lowest BCUT2D eigenvalue weighted by Crippen LogP contribution is -2.16. The zero-order valence-corrected chi connectivity index (χ0v) is 6.22. The summed E-state index contributed by atoms with van der Waals surface area (Å²) < 4.78 is 4.27. The lowest BCUT2D eigenvalue weighted by molar-refractivity contribution is -0.149. The normalized spacial score (nSPS) is 15.2. The van der Waals surface area contributed by atoms with Crippen molar-refractivity contribution in [2.75, 3.05) is 13.7 Å². The van der Waals surface area contributed by atoms with Gasteiger partial charge in [0.1, 0.15) is 0 Å². The SMILES string of the molecule is COC(=O)C(=O)C1=CNCC1. The summed E-state index contributed by atoms with van der Waals surface area (Å²) >= 11 is 0. The van der Waals surface area contributed by atoms with Gasteiger partial charge < -0.3 is 10.1 Å². The van der Waals surface area contributed by atoms with Crippen LogP contribution in [0.2, 0.25) is 0 Å². The Kier molecular flexibility index (Phi) is 2.25. The van der Waals surface area contributed by atoms with Crippen molar-refractivity contribution in [1.82, 2.24) is 5.32 Å². The second-order valence-corrected chi connectivity index (χ2v) is 2.19. The summed E-state index contributed by atoms with van der Waals surface area (Å²) in [5.41, 5.74) is 0.497. The molecule has 0 unspecified atom stereocenters. The minimum absolute atomic E-state index is 0.497. The van der Waals surface area contributed by atoms with Gasteiger partial charge in [0.25, 0.3) is 5.78 Å². The lowest BCUT2D eigenvalue weighted by atomic mass is 10.1. The number of carbonyl (C=O) groups excluding carboxylic acids is 2. The van der Waals surface area contributed by atoms with Gasteiger partial charge in [-0.05, 0) is 6.42 Å². The number of ether oxygens (including phenoxy) is 1. The number of hydrogen-bond donors (Lipinski definition) is 1. The number of carbonyl (C=O) groups is 2. The molecule has 1 heterocycles. The fourth-order valence-electron chi connectivity index (χ4n) is 0.877. The number of methoxy groups -OCH3 is 1. The van der Waals surface area contributed by atoms with Crippen molar-refractivity contribution >= 4 is 11.8 Å². The Morgan fingerprint density at radius 2 is 2.36 bits per heavy atom. The molecule has 0 amide bonds. The van der Waals surface area contributed by atoms with Gasteiger partial charge in [-0.3, -0.25) is 4.79 Å². The second kappa shape index (κ2) is 3.18. The van der Waals surface area contributed by atoms with Gasteiger partial charge in [0.05, 0.1) is 7.11 Å². The molecule has 0 aromatic rings. The van der Waals surface area contributed by atoms with Crippen molar-refractivity contribution in [3.05, 3.63) is 11.8 Å². The molecule has 0 radical (unpaired) electrons. The van der Waals surface area contributed by atoms with E-state index < -0.39 is 11.8 Å². The Balaban J connectivity index is 2.60. The van der Waals surface area contributed by atoms with Gasteiger partial charge in [-0.1, -0.05) is 0 Å². The van der Waals surface area contributed by atoms with Crippen LogP contribution in [-0.2, 0) is 14.3 Å². The number of nitrogens with one attached hydrogen (secondary N) is 1. The van der Waals surface area contributed by atoms with E-state index in [-0.39, 0.29) is 0 Å². The third-order valence-corrected chi connectivity index (χ3v) is 1.48. The molecule has 0 atom stereocenters. The van der Waals surface area contributed by atoms with Crippen LogP contribution in [0.15, 0.2) is 11.8 Å². The monoisotopic (exact) mass is 155 g/mol. The third-order valence-electron chi connectivity index (χ3n) is 1.48. The van der Waals surface area contributed by atoms with Gasteiger partial charge in [0, 0.05) is 18.3 Å². The summed E-state index contributed by atoms with van der Waals surface area (Å²) in [6.07, 6.45) is 2.16. The van der Waals surface area contributed by atoms with Crippen LogP contribution < -0.4 is 5.32 Å². The predicted octanol–water partition coefficient (Wildman–Crippen LogP) is -0.394. The summed E-state index contributed by atoms with van der Waals surface area (Å²) in [4.78, 5) is 21.7. The minimum Gasteiger partial charge on any atom is -0.463 e. The average molecular weight is 155 g/mol. The zero-order valence-electron chi connectivity index (χ0n) is 6.22. The van der Waals surface area contributed by atoms with Crippen LogP contribution in [0.4, 0.5) is 0 Å². The topological polar surface area (TPSA) is 55.4 Å². The molecular weight excluding hydrogens is 146 g/mol. The minimum atomic E-state index is -0.792. The molecule has 1 rings (SSSR count). The quantitative estimate of drug-likeness (QED) is 0.435. The van der Waals surface area contributed by atoms with Crippen LogP contribution in [-0.4, -0.2) is 25.4 Å². The summed E-state index contributed by atoms with van der Waals surface area (Å²) in [7, 11) is 1.20. The summed E-state index contributed by atoms with van der Waals surface area (Å²) in [5, 5.41) is 2.84. The number of Topliss-reactive ketones (excluding diaryl/α,β-unsaturated/α-hetero) is 1. The van der Waals surface area contributed by atoms with Crippen molar-refractivity contribution in [1.29, 1.82) is 0 Å². The number of rotatable bonds is 2. The highest BCUT2D eigenvalue weighted by atomic mass is 16.5. The van der Waals surface area contributed by atoms with E-state index in [0.29, 0.717) is 12.0 Å². The standard InChI is InChI=1S/C7H9NO3/c1-11-7(10)6(9)5-2-3-8-4-5/h4,8H,2-3H2,1H3. The van der Waals surface area contributed by atoms with E-state index >= 15 is 0 Å². The largest absolute Gasteiger partial charge is 0.463 e. The highest BCUT2D eigenvalue weighted by Gasteiger charge is 2.20. The van der Waals surface area contributed by atoms with E-state index in [4.69, 9.17) is 0 Å². The molecule has 0 saturated carbocycles. The predicted molar refractivity (Wildman–Crippen MR) is 37.7 cm³/mol. The number of hydrogen-bond acceptors (Lipinski definition) is 4. The number of ketones is 1. The number of esters is 1. The van der Waals surface area contributed by atoms with E-state index in [1.54, 1.807) is 6.20 Å². The first-order valence-corrected chi connectivity index (χ1v) is 3.31. The first-order chi connectivity index (χ1) is 5.25. The van der Waals surface area contributed by atoms with Crippen LogP contribution in [0.3, 0.4) is 0 Å². The van der Waals surface area contributed by atoms with Gasteiger partial charge in [-0.15, -0.1) is 0 Å². The highest BCUT2D eigenvalue weighted by Crippen LogP contribution is 2.06. The summed E-state index contributed by atoms with van der Waals surface area (Å²) in [6.45, 7) is 0.720. The molecule has 0 aliphatic carbocycles. The van der Waals surface area contributed by atoms with E-state index in [0.717, 1.165) is 6.54 Å². The van der Waals surface area contributed by atoms with Crippen LogP contribution in [0.5, 0.6) is 0 Å². The van der Waals surface area contributed by atoms with Crippen LogP contribution in [0.25, 0.3) is 0 Å². The maximum absolute atomic E-state index is 11.0. The molecule has 1 N–H and O–H groups in total. The van der Waals surface area contributed by atoms with E-state index in [1.165, 1.54) is 7.11 Å². The highest BCUT2D eigenvalue weighted by molar-refractivity contribution is 6.40. The summed E-state index contributed by atoms with van der Waals surface area (Å²) in [5.74, 6) is -1.34. The molecule has 0 aromatic carbocycles. The van der Waals surface area contributed by atoms with Crippen LogP contribution >= 0.6 is 0 Å². The maximum Gasteiger partial charge on any atom is 0.379 e. The van der Waals surface area contributed by atoms with Crippen LogP contribution in [0, 0.1) is 0 Å². The molecule has 0 saturated heterocycles. The Bertz CT molecular complexity index is 220. The van der Waals surface area contributed by atoms with Gasteiger partial charge in [0.2, 0.25) is 0 Å². The smallest absolute Gasteiger partial charge is 0.379 e. The fraction of sp³-hybridized carbons (Fsp3) is 0.429. The molecule has 4 heteroatoms. The van der Waals surface area contributed by atoms with E-state index in [2.05, 4.69) is 10.1 Å². The Morgan fingerprint density at radius 1 is 1.64 bits per heavy atom. The maximum atomic E-state index is 11.0. The second-order valence-electron chi connectivity index (χ2n) is 2.19. The van der Waals surface area contributed by atoms with Gasteiger partial charge in [0.15, 0.2) is 0 Å². The van der Waals surface area contributed by atoms with Gasteiger partial charge in [-0.25, -0.2) is 4.79 Å². The Morgan fingerprint density at radius 3 is 2.82 bits per heavy atom. The molecule has 1 aliphatic rings. The fourth-order valence-corrected chi connectivity index (χ4v) is 0.877. The van der Waals surface area contributed by atoms with Gasteiger partial charge >= 0.3 is 5.97 Å². The van der Waals surface area contributed by atoms with Crippen molar-refractivity contribution in [2.45, 2.75) is 6.42 Å². The van der Waals surface area contributed by atoms with Crippen molar-refractivity contribution in [3.63, 3.8) is 0 Å². The molecule has 0 spiro atoms. The van der Waals surface area contributed by atoms with E-state index in [9.17, 15) is 9.59 Å².